The lowest BCUT2D eigenvalue weighted by Crippen LogP contribution is -2.56. The van der Waals surface area contributed by atoms with Gasteiger partial charge in [0.25, 0.3) is 5.91 Å². The van der Waals surface area contributed by atoms with Crippen molar-refractivity contribution in [2.75, 3.05) is 19.0 Å². The summed E-state index contributed by atoms with van der Waals surface area (Å²) in [7, 11) is 1.54. The molecule has 4 N–H and O–H groups in total. The number of nitrogens with one attached hydrogen (secondary N) is 2. The van der Waals surface area contributed by atoms with E-state index in [0.29, 0.717) is 29.0 Å². The summed E-state index contributed by atoms with van der Waals surface area (Å²) in [6.07, 6.45) is -0.381. The molecule has 0 aliphatic carbocycles. The lowest BCUT2D eigenvalue weighted by molar-refractivity contribution is -0.144. The van der Waals surface area contributed by atoms with Gasteiger partial charge in [-0.25, -0.2) is 4.79 Å². The number of aliphatic hydroxyl groups is 1. The summed E-state index contributed by atoms with van der Waals surface area (Å²) in [4.78, 5) is 41.4. The van der Waals surface area contributed by atoms with Crippen LogP contribution >= 0.6 is 0 Å². The number of anilines is 1. The first-order chi connectivity index (χ1) is 17.8. The number of hydrogen-bond acceptors (Lipinski definition) is 7. The molecule has 2 aromatic rings. The zero-order chi connectivity index (χ0) is 28.6. The maximum atomic E-state index is 13.8. The minimum Gasteiger partial charge on any atom is -0.508 e. The van der Waals surface area contributed by atoms with Crippen LogP contribution in [0.3, 0.4) is 0 Å². The van der Waals surface area contributed by atoms with Crippen molar-refractivity contribution >= 4 is 23.6 Å². The van der Waals surface area contributed by atoms with Crippen LogP contribution in [0.15, 0.2) is 42.5 Å². The van der Waals surface area contributed by atoms with Gasteiger partial charge in [0.05, 0.1) is 13.7 Å². The maximum Gasteiger partial charge on any atom is 0.408 e. The molecule has 208 valence electrons. The summed E-state index contributed by atoms with van der Waals surface area (Å²) in [5.74, 6) is -0.510. The number of hydrogen-bond donors (Lipinski definition) is 4. The number of rotatable bonds is 10. The molecule has 2 rings (SSSR count). The average Bonchev–Trinajstić information content (AvgIpc) is 2.86. The standard InChI is InChI=1S/C28H39N3O7/c1-8-18(3)31(26(35)22(16-32)30-27(36)38-28(4,5)6)24(19-9-14-23(33)17(2)15-19)25(34)29-20-10-12-21(37-7)13-11-20/h9-15,18,22,24,32-33H,8,16H2,1-7H3,(H,29,34)(H,30,36). The van der Waals surface area contributed by atoms with Gasteiger partial charge in [-0.3, -0.25) is 9.59 Å². The van der Waals surface area contributed by atoms with Crippen molar-refractivity contribution in [3.8, 4) is 11.5 Å². The first-order valence-electron chi connectivity index (χ1n) is 12.5. The van der Waals surface area contributed by atoms with Crippen LogP contribution in [0.2, 0.25) is 0 Å². The van der Waals surface area contributed by atoms with E-state index in [2.05, 4.69) is 10.6 Å². The third-order valence-corrected chi connectivity index (χ3v) is 5.91. The van der Waals surface area contributed by atoms with Gasteiger partial charge < -0.3 is 35.2 Å². The van der Waals surface area contributed by atoms with Crippen molar-refractivity contribution in [2.24, 2.45) is 0 Å². The molecular weight excluding hydrogens is 490 g/mol. The average molecular weight is 530 g/mol. The van der Waals surface area contributed by atoms with Crippen LogP contribution in [0.25, 0.3) is 0 Å². The van der Waals surface area contributed by atoms with Gasteiger partial charge in [-0.05, 0) is 88.6 Å². The van der Waals surface area contributed by atoms with Gasteiger partial charge in [0.2, 0.25) is 5.91 Å². The predicted molar refractivity (Wildman–Crippen MR) is 144 cm³/mol. The zero-order valence-electron chi connectivity index (χ0n) is 23.1. The molecule has 0 bridgehead atoms. The lowest BCUT2D eigenvalue weighted by atomic mass is 9.98. The van der Waals surface area contributed by atoms with Crippen LogP contribution in [0.4, 0.5) is 10.5 Å². The largest absolute Gasteiger partial charge is 0.508 e. The second kappa shape index (κ2) is 13.1. The Labute approximate surface area is 223 Å². The van der Waals surface area contributed by atoms with E-state index in [4.69, 9.17) is 9.47 Å². The molecule has 0 saturated carbocycles. The number of carbonyl (C=O) groups excluding carboxylic acids is 3. The Morgan fingerprint density at radius 2 is 1.71 bits per heavy atom. The highest BCUT2D eigenvalue weighted by atomic mass is 16.6. The number of aryl methyl sites for hydroxylation is 1. The first-order valence-corrected chi connectivity index (χ1v) is 12.5. The molecule has 0 spiro atoms. The van der Waals surface area contributed by atoms with E-state index in [0.717, 1.165) is 0 Å². The Bertz CT molecular complexity index is 1110. The van der Waals surface area contributed by atoms with Crippen molar-refractivity contribution in [3.63, 3.8) is 0 Å². The van der Waals surface area contributed by atoms with E-state index in [1.165, 1.54) is 18.1 Å². The highest BCUT2D eigenvalue weighted by Crippen LogP contribution is 2.30. The fraction of sp³-hybridized carbons (Fsp3) is 0.464. The molecule has 10 nitrogen and oxygen atoms in total. The Balaban J connectivity index is 2.52. The maximum absolute atomic E-state index is 13.8. The predicted octanol–water partition coefficient (Wildman–Crippen LogP) is 3.90. The van der Waals surface area contributed by atoms with Crippen molar-refractivity contribution in [1.29, 1.82) is 0 Å². The van der Waals surface area contributed by atoms with Gasteiger partial charge in [-0.2, -0.15) is 0 Å². The van der Waals surface area contributed by atoms with Crippen LogP contribution in [-0.4, -0.2) is 64.4 Å². The number of aliphatic hydroxyl groups excluding tert-OH is 1. The molecule has 3 amide bonds. The molecule has 0 saturated heterocycles. The number of phenols is 1. The van der Waals surface area contributed by atoms with E-state index in [-0.39, 0.29) is 5.75 Å². The molecular formula is C28H39N3O7. The highest BCUT2D eigenvalue weighted by molar-refractivity contribution is 5.99. The van der Waals surface area contributed by atoms with Gasteiger partial charge in [0, 0.05) is 11.7 Å². The molecule has 0 aliphatic rings. The Morgan fingerprint density at radius 1 is 1.08 bits per heavy atom. The second-order valence-electron chi connectivity index (χ2n) is 10.1. The van der Waals surface area contributed by atoms with Gasteiger partial charge in [-0.15, -0.1) is 0 Å². The summed E-state index contributed by atoms with van der Waals surface area (Å²) in [6.45, 7) is 9.67. The third kappa shape index (κ3) is 8.11. The topological polar surface area (TPSA) is 137 Å². The summed E-state index contributed by atoms with van der Waals surface area (Å²) < 4.78 is 10.4. The number of alkyl carbamates (subject to hydrolysis) is 1. The fourth-order valence-corrected chi connectivity index (χ4v) is 3.78. The number of carbonyl (C=O) groups is 3. The number of aromatic hydroxyl groups is 1. The second-order valence-corrected chi connectivity index (χ2v) is 10.1. The molecule has 10 heteroatoms. The molecule has 2 aromatic carbocycles. The number of methoxy groups -OCH3 is 1. The van der Waals surface area contributed by atoms with Gasteiger partial charge in [0.1, 0.15) is 29.2 Å². The number of phenolic OH excluding ortho intramolecular Hbond substituents is 1. The fourth-order valence-electron chi connectivity index (χ4n) is 3.78. The van der Waals surface area contributed by atoms with Crippen molar-refractivity contribution in [1.82, 2.24) is 10.2 Å². The third-order valence-electron chi connectivity index (χ3n) is 5.91. The van der Waals surface area contributed by atoms with Gasteiger partial charge in [0.15, 0.2) is 0 Å². The Morgan fingerprint density at radius 3 is 2.21 bits per heavy atom. The van der Waals surface area contributed by atoms with Gasteiger partial charge in [-0.1, -0.05) is 13.0 Å². The number of ether oxygens (including phenoxy) is 2. The van der Waals surface area contributed by atoms with Crippen LogP contribution in [0.1, 0.15) is 58.2 Å². The number of benzene rings is 2. The van der Waals surface area contributed by atoms with E-state index < -0.39 is 48.2 Å². The van der Waals surface area contributed by atoms with Crippen LogP contribution in [0.5, 0.6) is 11.5 Å². The van der Waals surface area contributed by atoms with Crippen molar-refractivity contribution in [2.45, 2.75) is 71.7 Å². The van der Waals surface area contributed by atoms with E-state index in [1.807, 2.05) is 6.92 Å². The highest BCUT2D eigenvalue weighted by Gasteiger charge is 2.38. The van der Waals surface area contributed by atoms with Crippen LogP contribution in [0, 0.1) is 6.92 Å². The minimum absolute atomic E-state index is 0.0457. The van der Waals surface area contributed by atoms with Crippen LogP contribution < -0.4 is 15.4 Å². The quantitative estimate of drug-likeness (QED) is 0.366. The SMILES string of the molecule is CCC(C)N(C(=O)C(CO)NC(=O)OC(C)(C)C)C(C(=O)Nc1ccc(OC)cc1)c1ccc(O)c(C)c1. The molecule has 0 aliphatic heterocycles. The summed E-state index contributed by atoms with van der Waals surface area (Å²) in [6, 6.07) is 8.43. The van der Waals surface area contributed by atoms with Crippen molar-refractivity contribution < 1.29 is 34.1 Å². The molecule has 38 heavy (non-hydrogen) atoms. The Kier molecular flexibility index (Phi) is 10.5. The Hall–Kier alpha value is -3.79. The van der Waals surface area contributed by atoms with Crippen LogP contribution in [-0.2, 0) is 14.3 Å². The molecule has 3 unspecified atom stereocenters. The van der Waals surface area contributed by atoms with E-state index >= 15 is 0 Å². The first kappa shape index (κ1) is 30.4. The lowest BCUT2D eigenvalue weighted by Gasteiger charge is -2.38. The summed E-state index contributed by atoms with van der Waals surface area (Å²) >= 11 is 0. The zero-order valence-corrected chi connectivity index (χ0v) is 23.1. The summed E-state index contributed by atoms with van der Waals surface area (Å²) in [5, 5.41) is 25.4. The van der Waals surface area contributed by atoms with E-state index in [1.54, 1.807) is 71.0 Å². The van der Waals surface area contributed by atoms with E-state index in [9.17, 15) is 24.6 Å². The molecule has 0 fully saturated rings. The minimum atomic E-state index is -1.35. The smallest absolute Gasteiger partial charge is 0.408 e. The monoisotopic (exact) mass is 529 g/mol. The normalized spacial score (nSPS) is 13.6. The molecule has 0 aromatic heterocycles. The molecule has 3 atom stereocenters. The number of amides is 3. The van der Waals surface area contributed by atoms with Gasteiger partial charge >= 0.3 is 6.09 Å². The van der Waals surface area contributed by atoms with Crippen molar-refractivity contribution in [3.05, 3.63) is 53.6 Å². The summed E-state index contributed by atoms with van der Waals surface area (Å²) in [5.41, 5.74) is 0.646. The molecule has 0 radical (unpaired) electrons. The number of nitrogens with zero attached hydrogens (tertiary/aromatic N) is 1. The molecule has 0 heterocycles.